The molecule has 0 atom stereocenters. The predicted molar refractivity (Wildman–Crippen MR) is 159 cm³/mol. The summed E-state index contributed by atoms with van der Waals surface area (Å²) in [6.07, 6.45) is 0. The van der Waals surface area contributed by atoms with Crippen molar-refractivity contribution >= 4 is 23.5 Å². The summed E-state index contributed by atoms with van der Waals surface area (Å²) in [4.78, 5) is 34.9. The van der Waals surface area contributed by atoms with Crippen molar-refractivity contribution < 1.29 is 43.2 Å². The first kappa shape index (κ1) is 33.8. The van der Waals surface area contributed by atoms with E-state index in [0.717, 1.165) is 11.1 Å². The van der Waals surface area contributed by atoms with Gasteiger partial charge in [0.05, 0.1) is 13.2 Å². The number of carbonyl (C=O) groups excluding carboxylic acids is 2. The van der Waals surface area contributed by atoms with Crippen LogP contribution in [0.15, 0.2) is 78.4 Å². The maximum Gasteiger partial charge on any atom is 0.333 e. The van der Waals surface area contributed by atoms with Gasteiger partial charge in [0.25, 0.3) is 0 Å². The highest BCUT2D eigenvalue weighted by Crippen LogP contribution is 2.41. The second-order valence-electron chi connectivity index (χ2n) is 10.1. The van der Waals surface area contributed by atoms with E-state index in [2.05, 4.69) is 13.2 Å². The fourth-order valence-corrected chi connectivity index (χ4v) is 4.04. The third kappa shape index (κ3) is 10.2. The lowest BCUT2D eigenvalue weighted by Gasteiger charge is -2.31. The Morgan fingerprint density at radius 2 is 1.12 bits per heavy atom. The molecule has 0 spiro atoms. The van der Waals surface area contributed by atoms with E-state index in [9.17, 15) is 19.5 Å². The first-order valence-electron chi connectivity index (χ1n) is 13.5. The minimum atomic E-state index is -1.01. The Kier molecular flexibility index (Phi) is 13.0. The zero-order valence-corrected chi connectivity index (χ0v) is 25.0. The summed E-state index contributed by atoms with van der Waals surface area (Å²) in [7, 11) is 0. The maximum absolute atomic E-state index is 12.1. The Labute approximate surface area is 247 Å². The largest absolute Gasteiger partial charge is 0.491 e. The molecule has 0 aliphatic rings. The highest BCUT2D eigenvalue weighted by molar-refractivity contribution is 5.98. The van der Waals surface area contributed by atoms with Crippen LogP contribution < -0.4 is 9.47 Å². The van der Waals surface area contributed by atoms with Crippen LogP contribution in [0.25, 0.3) is 5.57 Å². The van der Waals surface area contributed by atoms with Gasteiger partial charge in [0, 0.05) is 22.1 Å². The summed E-state index contributed by atoms with van der Waals surface area (Å²) in [5.74, 6) is -0.718. The maximum atomic E-state index is 12.1. The van der Waals surface area contributed by atoms with Crippen LogP contribution in [0.3, 0.4) is 0 Å². The summed E-state index contributed by atoms with van der Waals surface area (Å²) >= 11 is 0. The fraction of sp³-hybridized carbons (Fsp3) is 0.364. The van der Waals surface area contributed by atoms with Crippen molar-refractivity contribution in [2.45, 2.75) is 40.0 Å². The predicted octanol–water partition coefficient (Wildman–Crippen LogP) is 5.54. The minimum Gasteiger partial charge on any atom is -0.491 e. The van der Waals surface area contributed by atoms with Gasteiger partial charge < -0.3 is 28.8 Å². The minimum absolute atomic E-state index is 0.101. The number of hydrogen-bond acceptors (Lipinski definition) is 8. The molecule has 0 amide bonds. The molecule has 0 radical (unpaired) electrons. The summed E-state index contributed by atoms with van der Waals surface area (Å²) in [6.45, 7) is 17.0. The van der Waals surface area contributed by atoms with E-state index in [-0.39, 0.29) is 32.0 Å². The average Bonchev–Trinajstić information content (AvgIpc) is 2.95. The summed E-state index contributed by atoms with van der Waals surface area (Å²) in [5.41, 5.74) is 2.53. The van der Waals surface area contributed by atoms with Crippen LogP contribution in [0.5, 0.6) is 11.5 Å². The number of hydrogen-bond donors (Lipinski definition) is 1. The van der Waals surface area contributed by atoms with Crippen LogP contribution in [0.2, 0.25) is 0 Å². The molecule has 2 rings (SSSR count). The molecule has 0 fully saturated rings. The van der Waals surface area contributed by atoms with Crippen LogP contribution in [-0.2, 0) is 34.0 Å². The second kappa shape index (κ2) is 16.2. The Morgan fingerprint density at radius 1 is 0.690 bits per heavy atom. The van der Waals surface area contributed by atoms with Gasteiger partial charge in [-0.15, -0.1) is 0 Å². The molecule has 2 aromatic rings. The zero-order chi connectivity index (χ0) is 31.3. The molecule has 0 heterocycles. The first-order valence-corrected chi connectivity index (χ1v) is 13.5. The van der Waals surface area contributed by atoms with Crippen molar-refractivity contribution in [3.8, 4) is 11.5 Å². The van der Waals surface area contributed by atoms with Gasteiger partial charge in [-0.1, -0.05) is 51.3 Å². The van der Waals surface area contributed by atoms with Crippen molar-refractivity contribution in [2.75, 3.05) is 39.6 Å². The Bertz CT molecular complexity index is 1290. The average molecular weight is 581 g/mol. The van der Waals surface area contributed by atoms with E-state index in [1.807, 2.05) is 38.1 Å². The lowest BCUT2D eigenvalue weighted by molar-refractivity contribution is -0.141. The van der Waals surface area contributed by atoms with E-state index in [1.54, 1.807) is 45.0 Å². The Hall–Kier alpha value is -4.37. The third-order valence-electron chi connectivity index (χ3n) is 6.28. The van der Waals surface area contributed by atoms with Gasteiger partial charge in [-0.3, -0.25) is 0 Å². The number of rotatable bonds is 17. The molecular weight excluding hydrogens is 540 g/mol. The van der Waals surface area contributed by atoms with Crippen molar-refractivity contribution in [3.63, 3.8) is 0 Å². The van der Waals surface area contributed by atoms with Crippen LogP contribution in [0.1, 0.15) is 45.7 Å². The van der Waals surface area contributed by atoms with Crippen LogP contribution >= 0.6 is 0 Å². The van der Waals surface area contributed by atoms with Gasteiger partial charge in [0.15, 0.2) is 0 Å². The molecule has 0 saturated carbocycles. The molecule has 42 heavy (non-hydrogen) atoms. The van der Waals surface area contributed by atoms with Crippen molar-refractivity contribution in [1.29, 1.82) is 0 Å². The van der Waals surface area contributed by atoms with Gasteiger partial charge in [-0.2, -0.15) is 0 Å². The molecule has 0 bridgehead atoms. The number of carbonyl (C=O) groups is 3. The van der Waals surface area contributed by atoms with Gasteiger partial charge in [0.2, 0.25) is 0 Å². The van der Waals surface area contributed by atoms with E-state index < -0.39 is 23.3 Å². The lowest BCUT2D eigenvalue weighted by atomic mass is 9.73. The van der Waals surface area contributed by atoms with Gasteiger partial charge >= 0.3 is 17.9 Å². The molecule has 0 aliphatic heterocycles. The van der Waals surface area contributed by atoms with Gasteiger partial charge in [0.1, 0.15) is 37.9 Å². The monoisotopic (exact) mass is 580 g/mol. The number of carboxylic acid groups (broad SMARTS) is 1. The number of carboxylic acids is 1. The highest BCUT2D eigenvalue weighted by Gasteiger charge is 2.30. The van der Waals surface area contributed by atoms with Gasteiger partial charge in [-0.05, 0) is 61.7 Å². The SMILES string of the molecule is C=C(C)C(=O)OCCOCCOc1ccc(C(=C(C)C(=O)O)C(C)(C)c2ccc(OCCOC(=O)C(=C)C)cc2)cc1. The number of ether oxygens (including phenoxy) is 5. The topological polar surface area (TPSA) is 118 Å². The molecule has 0 aromatic heterocycles. The number of allylic oxidation sites excluding steroid dienone is 1. The molecule has 9 heteroatoms. The Balaban J connectivity index is 2.03. The molecule has 226 valence electrons. The van der Waals surface area contributed by atoms with E-state index in [0.29, 0.717) is 41.4 Å². The van der Waals surface area contributed by atoms with Crippen LogP contribution in [0.4, 0.5) is 0 Å². The van der Waals surface area contributed by atoms with E-state index in [4.69, 9.17) is 23.7 Å². The van der Waals surface area contributed by atoms with Crippen LogP contribution in [-0.4, -0.2) is 62.7 Å². The smallest absolute Gasteiger partial charge is 0.333 e. The summed E-state index contributed by atoms with van der Waals surface area (Å²) < 4.78 is 26.8. The lowest BCUT2D eigenvalue weighted by Crippen LogP contribution is -2.22. The highest BCUT2D eigenvalue weighted by atomic mass is 16.6. The van der Waals surface area contributed by atoms with Crippen molar-refractivity contribution in [1.82, 2.24) is 0 Å². The second-order valence-corrected chi connectivity index (χ2v) is 10.1. The normalized spacial score (nSPS) is 11.6. The third-order valence-corrected chi connectivity index (χ3v) is 6.28. The summed E-state index contributed by atoms with van der Waals surface area (Å²) in [5, 5.41) is 9.89. The molecular formula is C33H40O9. The molecule has 9 nitrogen and oxygen atoms in total. The van der Waals surface area contributed by atoms with Crippen LogP contribution in [0, 0.1) is 0 Å². The molecule has 1 N–H and O–H groups in total. The number of esters is 2. The molecule has 0 saturated heterocycles. The fourth-order valence-electron chi connectivity index (χ4n) is 4.04. The van der Waals surface area contributed by atoms with E-state index >= 15 is 0 Å². The summed E-state index contributed by atoms with van der Waals surface area (Å²) in [6, 6.07) is 14.6. The zero-order valence-electron chi connectivity index (χ0n) is 25.0. The standard InChI is InChI=1S/C33H40O9/c1-22(2)31(36)41-19-17-38-16-18-39-27-12-8-25(9-13-27)29(24(5)30(34)35)33(6,7)26-10-14-28(15-11-26)40-20-21-42-32(37)23(3)4/h8-15H,1,3,16-21H2,2,4-7H3,(H,34,35). The quantitative estimate of drug-likeness (QED) is 0.146. The molecule has 2 aromatic carbocycles. The first-order chi connectivity index (χ1) is 19.8. The molecule has 0 unspecified atom stereocenters. The van der Waals surface area contributed by atoms with Gasteiger partial charge in [-0.25, -0.2) is 14.4 Å². The van der Waals surface area contributed by atoms with Crippen molar-refractivity contribution in [3.05, 3.63) is 89.5 Å². The number of aliphatic carboxylic acids is 1. The number of benzene rings is 2. The van der Waals surface area contributed by atoms with E-state index in [1.165, 1.54) is 0 Å². The molecule has 0 aliphatic carbocycles. The Morgan fingerprint density at radius 3 is 1.60 bits per heavy atom. The van der Waals surface area contributed by atoms with Crippen molar-refractivity contribution in [2.24, 2.45) is 0 Å².